The molecule has 18 heavy (non-hydrogen) atoms. The van der Waals surface area contributed by atoms with Gasteiger partial charge < -0.3 is 9.84 Å². The van der Waals surface area contributed by atoms with Crippen LogP contribution in [0, 0.1) is 18.2 Å². The quantitative estimate of drug-likeness (QED) is 0.873. The molecule has 1 saturated carbocycles. The summed E-state index contributed by atoms with van der Waals surface area (Å²) in [5, 5.41) is 10.0. The Morgan fingerprint density at radius 1 is 1.39 bits per heavy atom. The molecule has 0 spiro atoms. The number of rotatable bonds is 2. The SMILES string of the molecule is Cc1ccc(F)cc1OC1CC(C)(C)CCC1O. The van der Waals surface area contributed by atoms with Crippen LogP contribution in [0.25, 0.3) is 0 Å². The Kier molecular flexibility index (Phi) is 3.62. The van der Waals surface area contributed by atoms with Gasteiger partial charge in [-0.15, -0.1) is 0 Å². The lowest BCUT2D eigenvalue weighted by molar-refractivity contribution is -0.0308. The monoisotopic (exact) mass is 252 g/mol. The predicted octanol–water partition coefficient (Wildman–Crippen LogP) is 3.45. The molecule has 2 unspecified atom stereocenters. The Morgan fingerprint density at radius 2 is 2.11 bits per heavy atom. The van der Waals surface area contributed by atoms with E-state index in [-0.39, 0.29) is 17.3 Å². The molecule has 2 atom stereocenters. The number of benzene rings is 1. The van der Waals surface area contributed by atoms with Crippen molar-refractivity contribution in [2.45, 2.75) is 52.2 Å². The highest BCUT2D eigenvalue weighted by molar-refractivity contribution is 5.33. The largest absolute Gasteiger partial charge is 0.487 e. The second kappa shape index (κ2) is 4.88. The number of halogens is 1. The van der Waals surface area contributed by atoms with Crippen LogP contribution in [0.2, 0.25) is 0 Å². The van der Waals surface area contributed by atoms with Crippen LogP contribution in [0.1, 0.15) is 38.7 Å². The zero-order chi connectivity index (χ0) is 13.3. The van der Waals surface area contributed by atoms with E-state index in [2.05, 4.69) is 13.8 Å². The minimum Gasteiger partial charge on any atom is -0.487 e. The molecule has 1 aromatic rings. The van der Waals surface area contributed by atoms with Crippen molar-refractivity contribution in [1.29, 1.82) is 0 Å². The molecule has 0 aromatic heterocycles. The van der Waals surface area contributed by atoms with E-state index in [4.69, 9.17) is 4.74 Å². The Hall–Kier alpha value is -1.09. The lowest BCUT2D eigenvalue weighted by Gasteiger charge is -2.38. The van der Waals surface area contributed by atoms with Crippen molar-refractivity contribution in [3.05, 3.63) is 29.6 Å². The molecule has 1 N–H and O–H groups in total. The number of ether oxygens (including phenoxy) is 1. The van der Waals surface area contributed by atoms with E-state index in [9.17, 15) is 9.50 Å². The van der Waals surface area contributed by atoms with Crippen LogP contribution >= 0.6 is 0 Å². The molecule has 2 nitrogen and oxygen atoms in total. The van der Waals surface area contributed by atoms with Gasteiger partial charge >= 0.3 is 0 Å². The van der Waals surface area contributed by atoms with Crippen LogP contribution in [0.4, 0.5) is 4.39 Å². The van der Waals surface area contributed by atoms with E-state index in [1.165, 1.54) is 12.1 Å². The van der Waals surface area contributed by atoms with Gasteiger partial charge in [-0.25, -0.2) is 4.39 Å². The first kappa shape index (κ1) is 13.3. The highest BCUT2D eigenvalue weighted by atomic mass is 19.1. The van der Waals surface area contributed by atoms with Crippen molar-refractivity contribution in [3.63, 3.8) is 0 Å². The molecule has 3 heteroatoms. The fourth-order valence-electron chi connectivity index (χ4n) is 2.49. The Labute approximate surface area is 108 Å². The number of aliphatic hydroxyl groups excluding tert-OH is 1. The fraction of sp³-hybridized carbons (Fsp3) is 0.600. The van der Waals surface area contributed by atoms with E-state index < -0.39 is 6.10 Å². The first-order valence-corrected chi connectivity index (χ1v) is 6.48. The van der Waals surface area contributed by atoms with E-state index in [1.807, 2.05) is 6.92 Å². The summed E-state index contributed by atoms with van der Waals surface area (Å²) in [5.74, 6) is 0.233. The average Bonchev–Trinajstić information content (AvgIpc) is 2.28. The smallest absolute Gasteiger partial charge is 0.126 e. The summed E-state index contributed by atoms with van der Waals surface area (Å²) in [6, 6.07) is 4.51. The molecule has 1 fully saturated rings. The lowest BCUT2D eigenvalue weighted by atomic mass is 9.75. The maximum absolute atomic E-state index is 13.2. The molecule has 0 saturated heterocycles. The summed E-state index contributed by atoms with van der Waals surface area (Å²) in [4.78, 5) is 0. The van der Waals surface area contributed by atoms with Crippen LogP contribution in [0.3, 0.4) is 0 Å². The maximum atomic E-state index is 13.2. The molecular weight excluding hydrogens is 231 g/mol. The van der Waals surface area contributed by atoms with Crippen LogP contribution in [-0.4, -0.2) is 17.3 Å². The highest BCUT2D eigenvalue weighted by Gasteiger charge is 2.35. The van der Waals surface area contributed by atoms with Gasteiger partial charge in [0, 0.05) is 6.07 Å². The van der Waals surface area contributed by atoms with Gasteiger partial charge in [-0.2, -0.15) is 0 Å². The fourth-order valence-corrected chi connectivity index (χ4v) is 2.49. The van der Waals surface area contributed by atoms with Crippen LogP contribution in [0.15, 0.2) is 18.2 Å². The van der Waals surface area contributed by atoms with Crippen molar-refractivity contribution in [1.82, 2.24) is 0 Å². The minimum atomic E-state index is -0.458. The van der Waals surface area contributed by atoms with Crippen molar-refractivity contribution in [2.24, 2.45) is 5.41 Å². The molecule has 1 aliphatic carbocycles. The van der Waals surface area contributed by atoms with E-state index in [1.54, 1.807) is 6.07 Å². The summed E-state index contributed by atoms with van der Waals surface area (Å²) in [6.07, 6.45) is 1.83. The number of hydrogen-bond acceptors (Lipinski definition) is 2. The number of hydrogen-bond donors (Lipinski definition) is 1. The Bertz CT molecular complexity index is 429. The summed E-state index contributed by atoms with van der Waals surface area (Å²) in [5.41, 5.74) is 1.07. The van der Waals surface area contributed by atoms with Gasteiger partial charge in [0.2, 0.25) is 0 Å². The molecule has 0 amide bonds. The first-order valence-electron chi connectivity index (χ1n) is 6.48. The molecule has 0 heterocycles. The minimum absolute atomic E-state index is 0.172. The summed E-state index contributed by atoms with van der Waals surface area (Å²) in [6.45, 7) is 6.23. The second-order valence-corrected chi connectivity index (χ2v) is 6.04. The van der Waals surface area contributed by atoms with Crippen molar-refractivity contribution in [3.8, 4) is 5.75 Å². The van der Waals surface area contributed by atoms with Crippen LogP contribution in [0.5, 0.6) is 5.75 Å². The average molecular weight is 252 g/mol. The predicted molar refractivity (Wildman–Crippen MR) is 69.2 cm³/mol. The second-order valence-electron chi connectivity index (χ2n) is 6.04. The summed E-state index contributed by atoms with van der Waals surface area (Å²) < 4.78 is 19.0. The van der Waals surface area contributed by atoms with Gasteiger partial charge in [0.1, 0.15) is 17.7 Å². The van der Waals surface area contributed by atoms with Gasteiger partial charge in [0.15, 0.2) is 0 Å². The highest BCUT2D eigenvalue weighted by Crippen LogP contribution is 2.37. The third-order valence-corrected chi connectivity index (χ3v) is 3.73. The standard InChI is InChI=1S/C15H21FO2/c1-10-4-5-11(16)8-13(10)18-14-9-15(2,3)7-6-12(14)17/h4-5,8,12,14,17H,6-7,9H2,1-3H3. The van der Waals surface area contributed by atoms with Gasteiger partial charge in [-0.05, 0) is 43.2 Å². The molecule has 1 aromatic carbocycles. The maximum Gasteiger partial charge on any atom is 0.126 e. The third-order valence-electron chi connectivity index (χ3n) is 3.73. The molecular formula is C15H21FO2. The number of aryl methyl sites for hydroxylation is 1. The van der Waals surface area contributed by atoms with E-state index in [0.717, 1.165) is 24.8 Å². The van der Waals surface area contributed by atoms with Gasteiger partial charge in [0.05, 0.1) is 6.10 Å². The van der Waals surface area contributed by atoms with Gasteiger partial charge in [-0.1, -0.05) is 19.9 Å². The Morgan fingerprint density at radius 3 is 2.83 bits per heavy atom. The normalized spacial score (nSPS) is 26.9. The lowest BCUT2D eigenvalue weighted by Crippen LogP contribution is -2.41. The molecule has 0 radical (unpaired) electrons. The van der Waals surface area contributed by atoms with Crippen LogP contribution < -0.4 is 4.74 Å². The van der Waals surface area contributed by atoms with E-state index >= 15 is 0 Å². The summed E-state index contributed by atoms with van der Waals surface area (Å²) in [7, 11) is 0. The molecule has 1 aliphatic rings. The van der Waals surface area contributed by atoms with Crippen LogP contribution in [-0.2, 0) is 0 Å². The van der Waals surface area contributed by atoms with Gasteiger partial charge in [-0.3, -0.25) is 0 Å². The number of aliphatic hydroxyl groups is 1. The summed E-state index contributed by atoms with van der Waals surface area (Å²) >= 11 is 0. The zero-order valence-corrected chi connectivity index (χ0v) is 11.2. The van der Waals surface area contributed by atoms with Crippen molar-refractivity contribution in [2.75, 3.05) is 0 Å². The zero-order valence-electron chi connectivity index (χ0n) is 11.2. The molecule has 100 valence electrons. The van der Waals surface area contributed by atoms with Crippen molar-refractivity contribution < 1.29 is 14.2 Å². The van der Waals surface area contributed by atoms with E-state index in [0.29, 0.717) is 5.75 Å². The van der Waals surface area contributed by atoms with Crippen molar-refractivity contribution >= 4 is 0 Å². The molecule has 0 aliphatic heterocycles. The molecule has 2 rings (SSSR count). The molecule has 0 bridgehead atoms. The first-order chi connectivity index (χ1) is 8.37. The topological polar surface area (TPSA) is 29.5 Å². The van der Waals surface area contributed by atoms with Gasteiger partial charge in [0.25, 0.3) is 0 Å². The third kappa shape index (κ3) is 3.02. The Balaban J connectivity index is 2.14.